The molecular weight excluding hydrogens is 286 g/mol. The second kappa shape index (κ2) is 9.11. The van der Waals surface area contributed by atoms with E-state index >= 15 is 0 Å². The molecule has 3 nitrogen and oxygen atoms in total. The van der Waals surface area contributed by atoms with Crippen molar-refractivity contribution in [3.8, 4) is 0 Å². The highest BCUT2D eigenvalue weighted by atomic mass is 16.5. The molecule has 0 aliphatic heterocycles. The second-order valence-corrected chi connectivity index (χ2v) is 5.82. The summed E-state index contributed by atoms with van der Waals surface area (Å²) in [6, 6.07) is 17.3. The molecule has 122 valence electrons. The van der Waals surface area contributed by atoms with Crippen LogP contribution in [-0.4, -0.2) is 12.0 Å². The summed E-state index contributed by atoms with van der Waals surface area (Å²) in [5.41, 5.74) is 9.32. The summed E-state index contributed by atoms with van der Waals surface area (Å²) in [6.45, 7) is 2.46. The van der Waals surface area contributed by atoms with E-state index in [4.69, 9.17) is 10.5 Å². The number of benzene rings is 2. The second-order valence-electron chi connectivity index (χ2n) is 5.82. The lowest BCUT2D eigenvalue weighted by Crippen LogP contribution is -2.34. The molecule has 0 saturated heterocycles. The summed E-state index contributed by atoms with van der Waals surface area (Å²) < 4.78 is 5.27. The van der Waals surface area contributed by atoms with Crippen LogP contribution in [0.4, 0.5) is 0 Å². The molecule has 3 heteroatoms. The van der Waals surface area contributed by atoms with Crippen molar-refractivity contribution >= 4 is 5.97 Å². The van der Waals surface area contributed by atoms with Crippen molar-refractivity contribution in [1.29, 1.82) is 0 Å². The van der Waals surface area contributed by atoms with Gasteiger partial charge in [-0.3, -0.25) is 4.79 Å². The zero-order chi connectivity index (χ0) is 16.5. The fourth-order valence-electron chi connectivity index (χ4n) is 2.40. The fourth-order valence-corrected chi connectivity index (χ4v) is 2.40. The van der Waals surface area contributed by atoms with Crippen molar-refractivity contribution in [2.75, 3.05) is 0 Å². The molecule has 1 atom stereocenters. The Bertz CT molecular complexity index is 593. The van der Waals surface area contributed by atoms with E-state index in [1.54, 1.807) is 0 Å². The molecule has 0 radical (unpaired) electrons. The smallest absolute Gasteiger partial charge is 0.323 e. The van der Waals surface area contributed by atoms with Crippen molar-refractivity contribution in [3.63, 3.8) is 0 Å². The molecule has 2 aromatic rings. The molecule has 23 heavy (non-hydrogen) atoms. The van der Waals surface area contributed by atoms with Crippen LogP contribution in [0.25, 0.3) is 0 Å². The Morgan fingerprint density at radius 1 is 1.00 bits per heavy atom. The van der Waals surface area contributed by atoms with Gasteiger partial charge in [-0.25, -0.2) is 0 Å². The highest BCUT2D eigenvalue weighted by Gasteiger charge is 2.15. The third-order valence-corrected chi connectivity index (χ3v) is 3.82. The van der Waals surface area contributed by atoms with Crippen LogP contribution in [0.15, 0.2) is 54.6 Å². The molecule has 0 unspecified atom stereocenters. The summed E-state index contributed by atoms with van der Waals surface area (Å²) in [5, 5.41) is 0. The maximum Gasteiger partial charge on any atom is 0.323 e. The zero-order valence-electron chi connectivity index (χ0n) is 13.7. The maximum absolute atomic E-state index is 12.0. The zero-order valence-corrected chi connectivity index (χ0v) is 13.7. The van der Waals surface area contributed by atoms with E-state index in [0.29, 0.717) is 6.42 Å². The van der Waals surface area contributed by atoms with Crippen molar-refractivity contribution in [1.82, 2.24) is 0 Å². The van der Waals surface area contributed by atoms with Crippen LogP contribution in [0, 0.1) is 0 Å². The van der Waals surface area contributed by atoms with Crippen molar-refractivity contribution in [2.45, 2.75) is 45.3 Å². The van der Waals surface area contributed by atoms with Crippen LogP contribution in [0.3, 0.4) is 0 Å². The van der Waals surface area contributed by atoms with Crippen molar-refractivity contribution < 1.29 is 9.53 Å². The molecule has 2 N–H and O–H groups in total. The molecule has 0 saturated carbocycles. The molecule has 0 amide bonds. The average molecular weight is 311 g/mol. The summed E-state index contributed by atoms with van der Waals surface area (Å²) in [5.74, 6) is -0.357. The lowest BCUT2D eigenvalue weighted by Gasteiger charge is -2.12. The molecule has 0 aromatic heterocycles. The highest BCUT2D eigenvalue weighted by Crippen LogP contribution is 2.10. The Morgan fingerprint density at radius 3 is 2.30 bits per heavy atom. The van der Waals surface area contributed by atoms with E-state index in [1.165, 1.54) is 18.4 Å². The van der Waals surface area contributed by atoms with Crippen LogP contribution < -0.4 is 5.73 Å². The number of hydrogen-bond acceptors (Lipinski definition) is 3. The van der Waals surface area contributed by atoms with Gasteiger partial charge in [0.15, 0.2) is 0 Å². The van der Waals surface area contributed by atoms with Gasteiger partial charge < -0.3 is 10.5 Å². The summed E-state index contributed by atoms with van der Waals surface area (Å²) in [7, 11) is 0. The van der Waals surface area contributed by atoms with Crippen LogP contribution in [0.5, 0.6) is 0 Å². The van der Waals surface area contributed by atoms with E-state index in [1.807, 2.05) is 30.3 Å². The molecule has 0 bridgehead atoms. The van der Waals surface area contributed by atoms with Crippen LogP contribution in [-0.2, 0) is 29.0 Å². The quantitative estimate of drug-likeness (QED) is 0.757. The first kappa shape index (κ1) is 17.2. The van der Waals surface area contributed by atoms with Crippen LogP contribution >= 0.6 is 0 Å². The third kappa shape index (κ3) is 5.87. The number of aryl methyl sites for hydroxylation is 1. The summed E-state index contributed by atoms with van der Waals surface area (Å²) in [6.07, 6.45) is 3.99. The highest BCUT2D eigenvalue weighted by molar-refractivity contribution is 5.75. The first-order chi connectivity index (χ1) is 11.2. The number of hydrogen-bond donors (Lipinski definition) is 1. The Hall–Kier alpha value is -2.13. The first-order valence-electron chi connectivity index (χ1n) is 8.23. The van der Waals surface area contributed by atoms with Crippen LogP contribution in [0.2, 0.25) is 0 Å². The van der Waals surface area contributed by atoms with Gasteiger partial charge in [0.1, 0.15) is 12.6 Å². The minimum atomic E-state index is -0.625. The van der Waals surface area contributed by atoms with E-state index in [9.17, 15) is 4.79 Å². The molecule has 0 aliphatic carbocycles. The SMILES string of the molecule is CCCCc1ccc(C[C@H](N)C(=O)OCc2ccccc2)cc1. The number of carbonyl (C=O) groups excluding carboxylic acids is 1. The van der Waals surface area contributed by atoms with Gasteiger partial charge >= 0.3 is 5.97 Å². The average Bonchev–Trinajstić information content (AvgIpc) is 2.60. The van der Waals surface area contributed by atoms with E-state index in [0.717, 1.165) is 17.5 Å². The monoisotopic (exact) mass is 311 g/mol. The molecule has 0 fully saturated rings. The number of nitrogens with two attached hydrogens (primary N) is 1. The maximum atomic E-state index is 12.0. The van der Waals surface area contributed by atoms with Gasteiger partial charge in [0, 0.05) is 0 Å². The largest absolute Gasteiger partial charge is 0.460 e. The number of unbranched alkanes of at least 4 members (excludes halogenated alkanes) is 1. The first-order valence-corrected chi connectivity index (χ1v) is 8.23. The minimum Gasteiger partial charge on any atom is -0.460 e. The standard InChI is InChI=1S/C20H25NO2/c1-2-3-7-16-10-12-17(13-11-16)14-19(21)20(22)23-15-18-8-5-4-6-9-18/h4-6,8-13,19H,2-3,7,14-15,21H2,1H3/t19-/m0/s1. The Balaban J connectivity index is 1.80. The Morgan fingerprint density at radius 2 is 1.65 bits per heavy atom. The van der Waals surface area contributed by atoms with Gasteiger partial charge in [-0.05, 0) is 36.0 Å². The lowest BCUT2D eigenvalue weighted by atomic mass is 10.0. The van der Waals surface area contributed by atoms with Gasteiger partial charge in [0.2, 0.25) is 0 Å². The number of rotatable bonds is 8. The van der Waals surface area contributed by atoms with E-state index in [2.05, 4.69) is 31.2 Å². The predicted octanol–water partition coefficient (Wildman–Crippen LogP) is 3.64. The van der Waals surface area contributed by atoms with Crippen molar-refractivity contribution in [3.05, 3.63) is 71.3 Å². The molecule has 2 aromatic carbocycles. The van der Waals surface area contributed by atoms with Gasteiger partial charge in [0.25, 0.3) is 0 Å². The Labute approximate surface area is 138 Å². The molecular formula is C20H25NO2. The van der Waals surface area contributed by atoms with Crippen LogP contribution in [0.1, 0.15) is 36.5 Å². The Kier molecular flexibility index (Phi) is 6.82. The fraction of sp³-hybridized carbons (Fsp3) is 0.350. The molecule has 0 spiro atoms. The van der Waals surface area contributed by atoms with Gasteiger partial charge in [-0.2, -0.15) is 0 Å². The third-order valence-electron chi connectivity index (χ3n) is 3.82. The normalized spacial score (nSPS) is 11.9. The summed E-state index contributed by atoms with van der Waals surface area (Å²) >= 11 is 0. The van der Waals surface area contributed by atoms with Gasteiger partial charge in [-0.15, -0.1) is 0 Å². The topological polar surface area (TPSA) is 52.3 Å². The molecule has 0 aliphatic rings. The number of esters is 1. The molecule has 2 rings (SSSR count). The van der Waals surface area contributed by atoms with E-state index < -0.39 is 6.04 Å². The van der Waals surface area contributed by atoms with E-state index in [-0.39, 0.29) is 12.6 Å². The van der Waals surface area contributed by atoms with Crippen molar-refractivity contribution in [2.24, 2.45) is 5.73 Å². The molecule has 0 heterocycles. The van der Waals surface area contributed by atoms with Gasteiger partial charge in [-0.1, -0.05) is 67.9 Å². The lowest BCUT2D eigenvalue weighted by molar-refractivity contribution is -0.146. The number of carbonyl (C=O) groups is 1. The predicted molar refractivity (Wildman–Crippen MR) is 93.0 cm³/mol. The number of ether oxygens (including phenoxy) is 1. The summed E-state index contributed by atoms with van der Waals surface area (Å²) in [4.78, 5) is 12.0. The minimum absolute atomic E-state index is 0.267. The van der Waals surface area contributed by atoms with Gasteiger partial charge in [0.05, 0.1) is 0 Å².